The van der Waals surface area contributed by atoms with E-state index in [0.717, 1.165) is 20.7 Å². The van der Waals surface area contributed by atoms with Crippen LogP contribution in [0.2, 0.25) is 5.02 Å². The highest BCUT2D eigenvalue weighted by Crippen LogP contribution is 2.36. The second-order valence-corrected chi connectivity index (χ2v) is 4.63. The van der Waals surface area contributed by atoms with Gasteiger partial charge in [0.2, 0.25) is 0 Å². The molecule has 1 aromatic carbocycles. The topological polar surface area (TPSA) is 9.23 Å². The smallest absolute Gasteiger partial charge is 0.137 e. The van der Waals surface area contributed by atoms with Crippen LogP contribution in [0, 0.1) is 0 Å². The number of halogens is 1. The van der Waals surface area contributed by atoms with E-state index in [0.29, 0.717) is 11.6 Å². The van der Waals surface area contributed by atoms with Crippen LogP contribution in [0.1, 0.15) is 6.92 Å². The molecule has 0 bridgehead atoms. The highest BCUT2D eigenvalue weighted by molar-refractivity contribution is 7.80. The van der Waals surface area contributed by atoms with Gasteiger partial charge in [0, 0.05) is 20.4 Å². The van der Waals surface area contributed by atoms with Gasteiger partial charge in [0.05, 0.1) is 11.6 Å². The summed E-state index contributed by atoms with van der Waals surface area (Å²) in [5.74, 6) is 0.916. The third kappa shape index (κ3) is 1.72. The predicted molar refractivity (Wildman–Crippen MR) is 65.3 cm³/mol. The minimum atomic E-state index is 0.677. The van der Waals surface area contributed by atoms with E-state index in [1.165, 1.54) is 0 Å². The maximum atomic E-state index is 5.96. The van der Waals surface area contributed by atoms with Crippen molar-refractivity contribution >= 4 is 45.7 Å². The lowest BCUT2D eigenvalue weighted by atomic mass is 10.2. The zero-order chi connectivity index (χ0) is 10.1. The molecule has 0 fully saturated rings. The molecule has 14 heavy (non-hydrogen) atoms. The molecule has 0 aliphatic carbocycles. The molecule has 2 rings (SSSR count). The molecular formula is C10H9ClOS2. The number of fused-ring (bicyclic) bond motifs is 1. The number of hydrogen-bond acceptors (Lipinski definition) is 3. The summed E-state index contributed by atoms with van der Waals surface area (Å²) in [6.07, 6.45) is 0. The van der Waals surface area contributed by atoms with Gasteiger partial charge in [-0.25, -0.2) is 0 Å². The first-order valence-corrected chi connectivity index (χ1v) is 5.95. The van der Waals surface area contributed by atoms with Crippen molar-refractivity contribution in [2.45, 2.75) is 11.8 Å². The van der Waals surface area contributed by atoms with Crippen molar-refractivity contribution in [1.82, 2.24) is 0 Å². The molecule has 0 unspecified atom stereocenters. The van der Waals surface area contributed by atoms with Gasteiger partial charge in [0.1, 0.15) is 5.75 Å². The first-order valence-electron chi connectivity index (χ1n) is 4.25. The summed E-state index contributed by atoms with van der Waals surface area (Å²) in [7, 11) is 0. The highest BCUT2D eigenvalue weighted by Gasteiger charge is 2.07. The largest absolute Gasteiger partial charge is 0.492 e. The first-order chi connectivity index (χ1) is 6.72. The summed E-state index contributed by atoms with van der Waals surface area (Å²) in [6.45, 7) is 2.65. The minimum absolute atomic E-state index is 0.677. The van der Waals surface area contributed by atoms with Crippen molar-refractivity contribution in [3.63, 3.8) is 0 Å². The molecule has 74 valence electrons. The van der Waals surface area contributed by atoms with Crippen molar-refractivity contribution in [3.8, 4) is 5.75 Å². The molecule has 2 aromatic rings. The second kappa shape index (κ2) is 4.01. The Hall–Kier alpha value is -0.380. The quantitative estimate of drug-likeness (QED) is 0.778. The normalized spacial score (nSPS) is 10.8. The third-order valence-electron chi connectivity index (χ3n) is 1.91. The molecule has 1 heterocycles. The van der Waals surface area contributed by atoms with Gasteiger partial charge < -0.3 is 4.74 Å². The average Bonchev–Trinajstić information content (AvgIpc) is 2.51. The van der Waals surface area contributed by atoms with Crippen LogP contribution in [-0.2, 0) is 0 Å². The maximum absolute atomic E-state index is 5.96. The van der Waals surface area contributed by atoms with Crippen LogP contribution in [0.25, 0.3) is 10.1 Å². The van der Waals surface area contributed by atoms with Crippen molar-refractivity contribution in [3.05, 3.63) is 22.5 Å². The molecule has 1 aromatic heterocycles. The highest BCUT2D eigenvalue weighted by atomic mass is 35.5. The van der Waals surface area contributed by atoms with Crippen LogP contribution < -0.4 is 4.74 Å². The van der Waals surface area contributed by atoms with Crippen LogP contribution in [0.4, 0.5) is 0 Å². The van der Waals surface area contributed by atoms with Gasteiger partial charge >= 0.3 is 0 Å². The van der Waals surface area contributed by atoms with E-state index in [4.69, 9.17) is 16.3 Å². The van der Waals surface area contributed by atoms with Crippen LogP contribution in [0.5, 0.6) is 5.75 Å². The Kier molecular flexibility index (Phi) is 2.91. The molecular weight excluding hydrogens is 236 g/mol. The Morgan fingerprint density at radius 2 is 2.29 bits per heavy atom. The van der Waals surface area contributed by atoms with E-state index in [-0.39, 0.29) is 0 Å². The number of hydrogen-bond donors (Lipinski definition) is 1. The molecule has 0 atom stereocenters. The lowest BCUT2D eigenvalue weighted by molar-refractivity contribution is 0.345. The van der Waals surface area contributed by atoms with Gasteiger partial charge in [-0.1, -0.05) is 11.6 Å². The summed E-state index contributed by atoms with van der Waals surface area (Å²) in [4.78, 5) is 0.790. The Labute approximate surface area is 97.1 Å². The molecule has 0 aliphatic heterocycles. The number of thiol groups is 1. The van der Waals surface area contributed by atoms with E-state index >= 15 is 0 Å². The van der Waals surface area contributed by atoms with Gasteiger partial charge in [-0.05, 0) is 19.1 Å². The van der Waals surface area contributed by atoms with Gasteiger partial charge in [0.15, 0.2) is 0 Å². The van der Waals surface area contributed by atoms with E-state index in [9.17, 15) is 0 Å². The summed E-state index contributed by atoms with van der Waals surface area (Å²) in [5.41, 5.74) is 0. The van der Waals surface area contributed by atoms with Crippen molar-refractivity contribution < 1.29 is 4.74 Å². The van der Waals surface area contributed by atoms with Crippen molar-refractivity contribution in [1.29, 1.82) is 0 Å². The lowest BCUT2D eigenvalue weighted by Crippen LogP contribution is -1.89. The van der Waals surface area contributed by atoms with Crippen molar-refractivity contribution in [2.24, 2.45) is 0 Å². The standard InChI is InChI=1S/C10H9ClOS2/c1-2-12-8-5-14-10-4-7(11)9(13)3-6(8)10/h3-5,13H,2H2,1H3. The Morgan fingerprint density at radius 3 is 3.00 bits per heavy atom. The van der Waals surface area contributed by atoms with Gasteiger partial charge in [-0.3, -0.25) is 0 Å². The predicted octanol–water partition coefficient (Wildman–Crippen LogP) is 4.24. The fraction of sp³-hybridized carbons (Fsp3) is 0.200. The summed E-state index contributed by atoms with van der Waals surface area (Å²) in [6, 6.07) is 3.87. The molecule has 0 radical (unpaired) electrons. The summed E-state index contributed by atoms with van der Waals surface area (Å²) < 4.78 is 6.62. The van der Waals surface area contributed by atoms with E-state index in [2.05, 4.69) is 12.6 Å². The van der Waals surface area contributed by atoms with Crippen LogP contribution in [0.15, 0.2) is 22.4 Å². The van der Waals surface area contributed by atoms with E-state index < -0.39 is 0 Å². The molecule has 0 saturated carbocycles. The Balaban J connectivity index is 2.61. The number of benzene rings is 1. The van der Waals surface area contributed by atoms with E-state index in [1.807, 2.05) is 24.4 Å². The second-order valence-electron chi connectivity index (χ2n) is 2.83. The zero-order valence-corrected chi connectivity index (χ0v) is 10.0. The molecule has 0 aliphatic rings. The number of ether oxygens (including phenoxy) is 1. The molecule has 1 nitrogen and oxygen atoms in total. The van der Waals surface area contributed by atoms with Gasteiger partial charge in [-0.15, -0.1) is 24.0 Å². The minimum Gasteiger partial charge on any atom is -0.492 e. The third-order valence-corrected chi connectivity index (χ3v) is 3.65. The van der Waals surface area contributed by atoms with E-state index in [1.54, 1.807) is 11.3 Å². The maximum Gasteiger partial charge on any atom is 0.137 e. The zero-order valence-electron chi connectivity index (χ0n) is 7.58. The SMILES string of the molecule is CCOc1csc2cc(Cl)c(S)cc12. The van der Waals surface area contributed by atoms with Crippen molar-refractivity contribution in [2.75, 3.05) is 6.61 Å². The lowest BCUT2D eigenvalue weighted by Gasteiger charge is -2.01. The monoisotopic (exact) mass is 244 g/mol. The Bertz CT molecular complexity index is 464. The van der Waals surface area contributed by atoms with Crippen LogP contribution in [-0.4, -0.2) is 6.61 Å². The molecule has 0 spiro atoms. The fourth-order valence-electron chi connectivity index (χ4n) is 1.28. The number of thiophene rings is 1. The molecule has 0 N–H and O–H groups in total. The average molecular weight is 245 g/mol. The molecule has 4 heteroatoms. The van der Waals surface area contributed by atoms with Gasteiger partial charge in [0.25, 0.3) is 0 Å². The molecule has 0 amide bonds. The fourth-order valence-corrected chi connectivity index (χ4v) is 2.60. The van der Waals surface area contributed by atoms with Gasteiger partial charge in [-0.2, -0.15) is 0 Å². The molecule has 0 saturated heterocycles. The van der Waals surface area contributed by atoms with Crippen LogP contribution >= 0.6 is 35.6 Å². The summed E-state index contributed by atoms with van der Waals surface area (Å²) in [5, 5.41) is 3.77. The first kappa shape index (κ1) is 10.1. The van der Waals surface area contributed by atoms with Crippen LogP contribution in [0.3, 0.4) is 0 Å². The summed E-state index contributed by atoms with van der Waals surface area (Å²) >= 11 is 11.9. The Morgan fingerprint density at radius 1 is 1.50 bits per heavy atom. The number of rotatable bonds is 2.